The molecule has 1 fully saturated rings. The number of morpholine rings is 1. The second-order valence-corrected chi connectivity index (χ2v) is 4.64. The molecule has 1 aliphatic heterocycles. The fourth-order valence-corrected chi connectivity index (χ4v) is 2.13. The Morgan fingerprint density at radius 2 is 2.28 bits per heavy atom. The first-order valence-electron chi connectivity index (χ1n) is 6.52. The van der Waals surface area contributed by atoms with Crippen LogP contribution in [-0.4, -0.2) is 50.4 Å². The molecule has 1 aromatic rings. The molecule has 1 aliphatic rings. The lowest BCUT2D eigenvalue weighted by atomic mass is 10.2. The molecule has 1 aromatic carbocycles. The van der Waals surface area contributed by atoms with Gasteiger partial charge < -0.3 is 15.2 Å². The van der Waals surface area contributed by atoms with Crippen LogP contribution >= 0.6 is 0 Å². The van der Waals surface area contributed by atoms with Gasteiger partial charge in [0.15, 0.2) is 0 Å². The third kappa shape index (κ3) is 3.70. The summed E-state index contributed by atoms with van der Waals surface area (Å²) in [6.45, 7) is 6.94. The highest BCUT2D eigenvalue weighted by Gasteiger charge is 2.18. The number of aryl methyl sites for hydroxylation is 1. The van der Waals surface area contributed by atoms with Crippen molar-refractivity contribution in [1.29, 1.82) is 0 Å². The molecule has 0 spiro atoms. The van der Waals surface area contributed by atoms with Crippen LogP contribution in [0.4, 0.5) is 0 Å². The van der Waals surface area contributed by atoms with Crippen LogP contribution in [0.5, 0.6) is 5.75 Å². The third-order valence-electron chi connectivity index (χ3n) is 3.24. The van der Waals surface area contributed by atoms with Gasteiger partial charge in [0.1, 0.15) is 12.4 Å². The SMILES string of the molecule is Cc1ccccc1OCCN1CCOC(CN)C1. The molecule has 1 saturated heterocycles. The first-order chi connectivity index (χ1) is 8.79. The summed E-state index contributed by atoms with van der Waals surface area (Å²) in [5.41, 5.74) is 6.80. The molecule has 2 rings (SSSR count). The lowest BCUT2D eigenvalue weighted by Gasteiger charge is -2.32. The zero-order chi connectivity index (χ0) is 12.8. The molecular weight excluding hydrogens is 228 g/mol. The molecule has 0 saturated carbocycles. The quantitative estimate of drug-likeness (QED) is 0.848. The van der Waals surface area contributed by atoms with Crippen molar-refractivity contribution >= 4 is 0 Å². The average Bonchev–Trinajstić information content (AvgIpc) is 2.41. The molecule has 1 heterocycles. The van der Waals surface area contributed by atoms with Crippen molar-refractivity contribution < 1.29 is 9.47 Å². The molecule has 4 heteroatoms. The van der Waals surface area contributed by atoms with Crippen LogP contribution in [0.25, 0.3) is 0 Å². The molecule has 18 heavy (non-hydrogen) atoms. The maximum atomic E-state index is 5.79. The highest BCUT2D eigenvalue weighted by atomic mass is 16.5. The fourth-order valence-electron chi connectivity index (χ4n) is 2.13. The number of ether oxygens (including phenoxy) is 2. The van der Waals surface area contributed by atoms with E-state index in [0.29, 0.717) is 13.2 Å². The van der Waals surface area contributed by atoms with Crippen LogP contribution < -0.4 is 10.5 Å². The average molecular weight is 250 g/mol. The van der Waals surface area contributed by atoms with Crippen LogP contribution in [0.2, 0.25) is 0 Å². The van der Waals surface area contributed by atoms with Crippen molar-refractivity contribution in [2.24, 2.45) is 5.73 Å². The summed E-state index contributed by atoms with van der Waals surface area (Å²) in [7, 11) is 0. The first-order valence-corrected chi connectivity index (χ1v) is 6.52. The molecular formula is C14H22N2O2. The van der Waals surface area contributed by atoms with E-state index >= 15 is 0 Å². The number of hydrogen-bond acceptors (Lipinski definition) is 4. The van der Waals surface area contributed by atoms with E-state index < -0.39 is 0 Å². The number of nitrogens with zero attached hydrogens (tertiary/aromatic N) is 1. The lowest BCUT2D eigenvalue weighted by molar-refractivity contribution is -0.0261. The van der Waals surface area contributed by atoms with Gasteiger partial charge in [-0.1, -0.05) is 18.2 Å². The third-order valence-corrected chi connectivity index (χ3v) is 3.24. The van der Waals surface area contributed by atoms with Gasteiger partial charge in [0.05, 0.1) is 12.7 Å². The summed E-state index contributed by atoms with van der Waals surface area (Å²) in [6.07, 6.45) is 0.178. The minimum absolute atomic E-state index is 0.178. The van der Waals surface area contributed by atoms with Crippen molar-refractivity contribution in [1.82, 2.24) is 4.90 Å². The van der Waals surface area contributed by atoms with Gasteiger partial charge in [-0.15, -0.1) is 0 Å². The molecule has 100 valence electrons. The van der Waals surface area contributed by atoms with Crippen LogP contribution in [0.15, 0.2) is 24.3 Å². The van der Waals surface area contributed by atoms with E-state index in [1.807, 2.05) is 18.2 Å². The second-order valence-electron chi connectivity index (χ2n) is 4.64. The number of para-hydroxylation sites is 1. The Morgan fingerprint density at radius 1 is 1.44 bits per heavy atom. The van der Waals surface area contributed by atoms with Gasteiger partial charge in [0.2, 0.25) is 0 Å². The van der Waals surface area contributed by atoms with Crippen molar-refractivity contribution in [3.05, 3.63) is 29.8 Å². The lowest BCUT2D eigenvalue weighted by Crippen LogP contribution is -2.46. The number of nitrogens with two attached hydrogens (primary N) is 1. The zero-order valence-corrected chi connectivity index (χ0v) is 11.0. The number of hydrogen-bond donors (Lipinski definition) is 1. The van der Waals surface area contributed by atoms with E-state index in [4.69, 9.17) is 15.2 Å². The van der Waals surface area contributed by atoms with Gasteiger partial charge in [-0.2, -0.15) is 0 Å². The standard InChI is InChI=1S/C14H22N2O2/c1-12-4-2-3-5-14(12)18-9-7-16-6-8-17-13(10-15)11-16/h2-5,13H,6-11,15H2,1H3. The zero-order valence-electron chi connectivity index (χ0n) is 11.0. The van der Waals surface area contributed by atoms with Crippen LogP contribution in [0.3, 0.4) is 0 Å². The molecule has 0 radical (unpaired) electrons. The number of benzene rings is 1. The van der Waals surface area contributed by atoms with Crippen molar-refractivity contribution in [3.63, 3.8) is 0 Å². The summed E-state index contributed by atoms with van der Waals surface area (Å²) in [6, 6.07) is 8.10. The minimum Gasteiger partial charge on any atom is -0.492 e. The Bertz CT molecular complexity index is 371. The Labute approximate surface area is 109 Å². The first kappa shape index (κ1) is 13.3. The van der Waals surface area contributed by atoms with E-state index in [2.05, 4.69) is 17.9 Å². The summed E-state index contributed by atoms with van der Waals surface area (Å²) in [5, 5.41) is 0. The van der Waals surface area contributed by atoms with E-state index in [1.54, 1.807) is 0 Å². The van der Waals surface area contributed by atoms with Gasteiger partial charge >= 0.3 is 0 Å². The van der Waals surface area contributed by atoms with Gasteiger partial charge in [-0.05, 0) is 18.6 Å². The molecule has 1 atom stereocenters. The van der Waals surface area contributed by atoms with Gasteiger partial charge in [0.25, 0.3) is 0 Å². The van der Waals surface area contributed by atoms with E-state index in [1.165, 1.54) is 5.56 Å². The number of rotatable bonds is 5. The Balaban J connectivity index is 1.73. The summed E-state index contributed by atoms with van der Waals surface area (Å²) in [4.78, 5) is 2.35. The topological polar surface area (TPSA) is 47.7 Å². The molecule has 1 unspecified atom stereocenters. The highest BCUT2D eigenvalue weighted by molar-refractivity contribution is 5.31. The van der Waals surface area contributed by atoms with Crippen molar-refractivity contribution in [3.8, 4) is 5.75 Å². The highest BCUT2D eigenvalue weighted by Crippen LogP contribution is 2.16. The maximum Gasteiger partial charge on any atom is 0.122 e. The minimum atomic E-state index is 0.178. The summed E-state index contributed by atoms with van der Waals surface area (Å²) >= 11 is 0. The summed E-state index contributed by atoms with van der Waals surface area (Å²) in [5.74, 6) is 0.973. The molecule has 2 N–H and O–H groups in total. The van der Waals surface area contributed by atoms with Crippen molar-refractivity contribution in [2.45, 2.75) is 13.0 Å². The van der Waals surface area contributed by atoms with Crippen molar-refractivity contribution in [2.75, 3.05) is 39.4 Å². The van der Waals surface area contributed by atoms with Gasteiger partial charge in [-0.25, -0.2) is 0 Å². The Hall–Kier alpha value is -1.10. The summed E-state index contributed by atoms with van der Waals surface area (Å²) < 4.78 is 11.3. The normalized spacial score (nSPS) is 20.9. The monoisotopic (exact) mass is 250 g/mol. The van der Waals surface area contributed by atoms with E-state index in [9.17, 15) is 0 Å². The molecule has 0 aliphatic carbocycles. The largest absolute Gasteiger partial charge is 0.492 e. The predicted molar refractivity (Wildman–Crippen MR) is 71.9 cm³/mol. The van der Waals surface area contributed by atoms with Crippen LogP contribution in [-0.2, 0) is 4.74 Å². The molecule has 0 aromatic heterocycles. The molecule has 0 amide bonds. The fraction of sp³-hybridized carbons (Fsp3) is 0.571. The Morgan fingerprint density at radius 3 is 3.06 bits per heavy atom. The molecule has 4 nitrogen and oxygen atoms in total. The van der Waals surface area contributed by atoms with E-state index in [-0.39, 0.29) is 6.10 Å². The van der Waals surface area contributed by atoms with Crippen LogP contribution in [0.1, 0.15) is 5.56 Å². The second kappa shape index (κ2) is 6.73. The maximum absolute atomic E-state index is 5.79. The van der Waals surface area contributed by atoms with E-state index in [0.717, 1.165) is 32.0 Å². The smallest absolute Gasteiger partial charge is 0.122 e. The van der Waals surface area contributed by atoms with Crippen LogP contribution in [0, 0.1) is 6.92 Å². The molecule has 0 bridgehead atoms. The Kier molecular flexibility index (Phi) is 4.99. The van der Waals surface area contributed by atoms with Gasteiger partial charge in [-0.3, -0.25) is 4.90 Å². The van der Waals surface area contributed by atoms with Gasteiger partial charge in [0, 0.05) is 26.2 Å². The predicted octanol–water partition coefficient (Wildman–Crippen LogP) is 1.03.